The third kappa shape index (κ3) is 2.99. The van der Waals surface area contributed by atoms with Gasteiger partial charge in [-0.25, -0.2) is 15.0 Å². The molecule has 3 aromatic heterocycles. The van der Waals surface area contributed by atoms with Crippen LogP contribution in [0.25, 0.3) is 11.2 Å². The molecule has 0 radical (unpaired) electrons. The third-order valence-electron chi connectivity index (χ3n) is 3.52. The van der Waals surface area contributed by atoms with E-state index in [9.17, 15) is 0 Å². The summed E-state index contributed by atoms with van der Waals surface area (Å²) in [5.41, 5.74) is 1.51. The first kappa shape index (κ1) is 13.5. The molecule has 0 atom stereocenters. The summed E-state index contributed by atoms with van der Waals surface area (Å²) in [6.07, 6.45) is 8.23. The summed E-state index contributed by atoms with van der Waals surface area (Å²) in [7, 11) is 2.05. The number of pyridine rings is 1. The average molecular weight is 282 g/mol. The fraction of sp³-hybridized carbons (Fsp3) is 0.333. The van der Waals surface area contributed by atoms with Crippen molar-refractivity contribution < 1.29 is 0 Å². The molecule has 3 aromatic rings. The average Bonchev–Trinajstić information content (AvgIpc) is 2.92. The van der Waals surface area contributed by atoms with E-state index in [1.165, 1.54) is 0 Å². The Hall–Kier alpha value is -2.50. The van der Waals surface area contributed by atoms with Crippen LogP contribution in [0.1, 0.15) is 12.2 Å². The van der Waals surface area contributed by atoms with Crippen LogP contribution in [0.3, 0.4) is 0 Å². The van der Waals surface area contributed by atoms with Crippen LogP contribution in [0.2, 0.25) is 0 Å². The maximum absolute atomic E-state index is 4.54. The van der Waals surface area contributed by atoms with Gasteiger partial charge in [-0.3, -0.25) is 4.98 Å². The summed E-state index contributed by atoms with van der Waals surface area (Å²) in [5, 5.41) is 0. The molecule has 21 heavy (non-hydrogen) atoms. The van der Waals surface area contributed by atoms with Crippen LogP contribution in [0.15, 0.2) is 36.9 Å². The number of anilines is 1. The normalized spacial score (nSPS) is 11.0. The number of aryl methyl sites for hydroxylation is 2. The van der Waals surface area contributed by atoms with Gasteiger partial charge in [0.1, 0.15) is 17.2 Å². The fourth-order valence-corrected chi connectivity index (χ4v) is 2.29. The molecule has 0 saturated heterocycles. The number of aromatic nitrogens is 5. The summed E-state index contributed by atoms with van der Waals surface area (Å²) >= 11 is 0. The Labute approximate surface area is 123 Å². The number of hydrogen-bond acceptors (Lipinski definition) is 5. The van der Waals surface area contributed by atoms with Gasteiger partial charge in [0.25, 0.3) is 0 Å². The van der Waals surface area contributed by atoms with Gasteiger partial charge < -0.3 is 9.47 Å². The van der Waals surface area contributed by atoms with Gasteiger partial charge in [0.05, 0.1) is 0 Å². The van der Waals surface area contributed by atoms with Crippen molar-refractivity contribution in [1.29, 1.82) is 0 Å². The van der Waals surface area contributed by atoms with E-state index in [0.29, 0.717) is 5.65 Å². The molecule has 0 spiro atoms. The van der Waals surface area contributed by atoms with Crippen LogP contribution in [0.5, 0.6) is 0 Å². The highest BCUT2D eigenvalue weighted by Crippen LogP contribution is 2.14. The summed E-state index contributed by atoms with van der Waals surface area (Å²) in [5.74, 6) is 1.97. The van der Waals surface area contributed by atoms with Crippen LogP contribution in [0, 0.1) is 6.92 Å². The van der Waals surface area contributed by atoms with E-state index in [2.05, 4.69) is 29.4 Å². The van der Waals surface area contributed by atoms with Gasteiger partial charge in [-0.1, -0.05) is 0 Å². The zero-order valence-electron chi connectivity index (χ0n) is 12.3. The van der Waals surface area contributed by atoms with Crippen molar-refractivity contribution in [3.05, 3.63) is 42.7 Å². The highest BCUT2D eigenvalue weighted by molar-refractivity contribution is 5.71. The first-order chi connectivity index (χ1) is 10.2. The Morgan fingerprint density at radius 1 is 1.10 bits per heavy atom. The van der Waals surface area contributed by atoms with Crippen molar-refractivity contribution in [3.63, 3.8) is 0 Å². The van der Waals surface area contributed by atoms with Crippen molar-refractivity contribution in [3.8, 4) is 0 Å². The molecule has 3 heterocycles. The molecule has 0 aliphatic heterocycles. The lowest BCUT2D eigenvalue weighted by Crippen LogP contribution is -2.21. The molecule has 6 nitrogen and oxygen atoms in total. The van der Waals surface area contributed by atoms with Gasteiger partial charge in [-0.2, -0.15) is 0 Å². The molecular weight excluding hydrogens is 264 g/mol. The van der Waals surface area contributed by atoms with Crippen LogP contribution < -0.4 is 4.90 Å². The minimum atomic E-state index is 0.687. The summed E-state index contributed by atoms with van der Waals surface area (Å²) in [4.78, 5) is 19.4. The zero-order valence-corrected chi connectivity index (χ0v) is 12.3. The van der Waals surface area contributed by atoms with E-state index in [4.69, 9.17) is 0 Å². The van der Waals surface area contributed by atoms with Crippen LogP contribution >= 0.6 is 0 Å². The molecule has 3 rings (SSSR count). The molecule has 0 aliphatic rings. The molecule has 0 amide bonds. The topological polar surface area (TPSA) is 59.7 Å². The first-order valence-corrected chi connectivity index (χ1v) is 7.01. The van der Waals surface area contributed by atoms with E-state index < -0.39 is 0 Å². The quantitative estimate of drug-likeness (QED) is 0.717. The summed E-state index contributed by atoms with van der Waals surface area (Å²) in [6.45, 7) is 3.91. The maximum atomic E-state index is 4.54. The number of imidazole rings is 1. The highest BCUT2D eigenvalue weighted by atomic mass is 15.2. The molecule has 0 unspecified atom stereocenters. The monoisotopic (exact) mass is 282 g/mol. The number of rotatable bonds is 5. The SMILES string of the molecule is Cc1nccn1CCCN(C)c1ccc2nccnc2n1. The molecule has 108 valence electrons. The third-order valence-corrected chi connectivity index (χ3v) is 3.52. The summed E-state index contributed by atoms with van der Waals surface area (Å²) < 4.78 is 2.16. The standard InChI is InChI=1S/C15H18N6/c1-12-16-8-11-21(12)10-3-9-20(2)14-5-4-13-15(19-14)18-7-6-17-13/h4-8,11H,3,9-10H2,1-2H3. The Kier molecular flexibility index (Phi) is 3.77. The minimum absolute atomic E-state index is 0.687. The van der Waals surface area contributed by atoms with E-state index in [1.807, 2.05) is 38.5 Å². The van der Waals surface area contributed by atoms with Crippen molar-refractivity contribution >= 4 is 17.0 Å². The van der Waals surface area contributed by atoms with Crippen molar-refractivity contribution in [2.45, 2.75) is 19.9 Å². The smallest absolute Gasteiger partial charge is 0.180 e. The van der Waals surface area contributed by atoms with Gasteiger partial charge in [0.2, 0.25) is 0 Å². The van der Waals surface area contributed by atoms with Gasteiger partial charge in [-0.15, -0.1) is 0 Å². The number of fused-ring (bicyclic) bond motifs is 1. The Balaban J connectivity index is 1.63. The second-order valence-corrected chi connectivity index (χ2v) is 5.01. The number of hydrogen-bond donors (Lipinski definition) is 0. The second-order valence-electron chi connectivity index (χ2n) is 5.01. The van der Waals surface area contributed by atoms with Gasteiger partial charge >= 0.3 is 0 Å². The molecule has 0 saturated carbocycles. The Morgan fingerprint density at radius 2 is 1.95 bits per heavy atom. The van der Waals surface area contributed by atoms with E-state index in [0.717, 1.165) is 36.7 Å². The van der Waals surface area contributed by atoms with Crippen molar-refractivity contribution in [2.24, 2.45) is 0 Å². The second kappa shape index (κ2) is 5.87. The first-order valence-electron chi connectivity index (χ1n) is 7.01. The maximum Gasteiger partial charge on any atom is 0.180 e. The molecular formula is C15H18N6. The van der Waals surface area contributed by atoms with E-state index in [-0.39, 0.29) is 0 Å². The summed E-state index contributed by atoms with van der Waals surface area (Å²) in [6, 6.07) is 3.95. The van der Waals surface area contributed by atoms with Gasteiger partial charge in [0, 0.05) is 44.9 Å². The lowest BCUT2D eigenvalue weighted by atomic mass is 10.3. The Morgan fingerprint density at radius 3 is 2.76 bits per heavy atom. The Bertz CT molecular complexity index is 736. The van der Waals surface area contributed by atoms with Crippen LogP contribution in [-0.2, 0) is 6.54 Å². The molecule has 0 fully saturated rings. The molecule has 6 heteroatoms. The number of nitrogens with zero attached hydrogens (tertiary/aromatic N) is 6. The molecule has 0 bridgehead atoms. The molecule has 0 aliphatic carbocycles. The van der Waals surface area contributed by atoms with Gasteiger partial charge in [-0.05, 0) is 25.5 Å². The fourth-order valence-electron chi connectivity index (χ4n) is 2.29. The lowest BCUT2D eigenvalue weighted by Gasteiger charge is -2.18. The lowest BCUT2D eigenvalue weighted by molar-refractivity contribution is 0.621. The van der Waals surface area contributed by atoms with Crippen LogP contribution in [-0.4, -0.2) is 38.1 Å². The van der Waals surface area contributed by atoms with Crippen molar-refractivity contribution in [2.75, 3.05) is 18.5 Å². The minimum Gasteiger partial charge on any atom is -0.360 e. The van der Waals surface area contributed by atoms with Crippen molar-refractivity contribution in [1.82, 2.24) is 24.5 Å². The predicted molar refractivity (Wildman–Crippen MR) is 82.2 cm³/mol. The van der Waals surface area contributed by atoms with E-state index in [1.54, 1.807) is 12.4 Å². The highest BCUT2D eigenvalue weighted by Gasteiger charge is 2.05. The van der Waals surface area contributed by atoms with Crippen LogP contribution in [0.4, 0.5) is 5.82 Å². The van der Waals surface area contributed by atoms with E-state index >= 15 is 0 Å². The molecule has 0 N–H and O–H groups in total. The predicted octanol–water partition coefficient (Wildman–Crippen LogP) is 2.06. The van der Waals surface area contributed by atoms with Gasteiger partial charge in [0.15, 0.2) is 5.65 Å². The zero-order chi connectivity index (χ0) is 14.7. The largest absolute Gasteiger partial charge is 0.360 e. The molecule has 0 aromatic carbocycles.